The third-order valence-electron chi connectivity index (χ3n) is 4.66. The minimum atomic E-state index is -0.364. The van der Waals surface area contributed by atoms with Gasteiger partial charge in [0.1, 0.15) is 0 Å². The molecule has 1 aliphatic heterocycles. The Hall–Kier alpha value is -2.92. The Labute approximate surface area is 150 Å². The number of esters is 1. The highest BCUT2D eigenvalue weighted by Crippen LogP contribution is 2.30. The Kier molecular flexibility index (Phi) is 4.54. The summed E-state index contributed by atoms with van der Waals surface area (Å²) in [7, 11) is 0. The van der Waals surface area contributed by atoms with E-state index >= 15 is 0 Å². The van der Waals surface area contributed by atoms with Crippen molar-refractivity contribution in [3.8, 4) is 11.3 Å². The predicted molar refractivity (Wildman–Crippen MR) is 98.0 cm³/mol. The van der Waals surface area contributed by atoms with Gasteiger partial charge in [0.25, 0.3) is 0 Å². The Morgan fingerprint density at radius 3 is 2.62 bits per heavy atom. The monoisotopic (exact) mass is 349 g/mol. The first-order valence-electron chi connectivity index (χ1n) is 8.68. The molecule has 1 saturated heterocycles. The predicted octanol–water partition coefficient (Wildman–Crippen LogP) is 3.60. The zero-order chi connectivity index (χ0) is 17.9. The van der Waals surface area contributed by atoms with Crippen LogP contribution in [0.2, 0.25) is 0 Å². The fourth-order valence-corrected chi connectivity index (χ4v) is 3.30. The minimum absolute atomic E-state index is 0.214. The second kappa shape index (κ2) is 7.14. The molecule has 0 amide bonds. The molecule has 1 unspecified atom stereocenters. The van der Waals surface area contributed by atoms with Crippen LogP contribution in [0, 0.1) is 5.92 Å². The van der Waals surface area contributed by atoms with Crippen molar-refractivity contribution in [2.45, 2.75) is 6.42 Å². The number of para-hydroxylation sites is 1. The van der Waals surface area contributed by atoms with Crippen LogP contribution in [0.3, 0.4) is 0 Å². The van der Waals surface area contributed by atoms with Gasteiger partial charge in [-0.2, -0.15) is 0 Å². The van der Waals surface area contributed by atoms with E-state index in [1.54, 1.807) is 0 Å². The summed E-state index contributed by atoms with van der Waals surface area (Å²) in [5.41, 5.74) is 3.10. The molecule has 0 aliphatic carbocycles. The SMILES string of the molecule is O=C(COC(=O)C1CCOC1)c1c(-c2ccccc2)[nH]c2ccccc12. The molecule has 3 aromatic rings. The quantitative estimate of drug-likeness (QED) is 0.564. The van der Waals surface area contributed by atoms with Crippen molar-refractivity contribution in [3.63, 3.8) is 0 Å². The molecular weight excluding hydrogens is 330 g/mol. The Morgan fingerprint density at radius 1 is 1.08 bits per heavy atom. The molecule has 0 radical (unpaired) electrons. The van der Waals surface area contributed by atoms with Crippen LogP contribution in [0.4, 0.5) is 0 Å². The van der Waals surface area contributed by atoms with Crippen LogP contribution in [0.15, 0.2) is 54.6 Å². The lowest BCUT2D eigenvalue weighted by atomic mass is 10.0. The Morgan fingerprint density at radius 2 is 1.85 bits per heavy atom. The maximum absolute atomic E-state index is 12.9. The number of rotatable bonds is 5. The van der Waals surface area contributed by atoms with Gasteiger partial charge in [-0.25, -0.2) is 0 Å². The normalized spacial score (nSPS) is 16.7. The molecule has 1 atom stereocenters. The van der Waals surface area contributed by atoms with Gasteiger partial charge in [0, 0.05) is 17.5 Å². The van der Waals surface area contributed by atoms with Crippen LogP contribution in [0.25, 0.3) is 22.2 Å². The number of hydrogen-bond acceptors (Lipinski definition) is 4. The average Bonchev–Trinajstić information content (AvgIpc) is 3.34. The molecule has 5 nitrogen and oxygen atoms in total. The van der Waals surface area contributed by atoms with Gasteiger partial charge in [0.2, 0.25) is 5.78 Å². The molecule has 2 heterocycles. The zero-order valence-corrected chi connectivity index (χ0v) is 14.2. The molecule has 4 rings (SSSR count). The summed E-state index contributed by atoms with van der Waals surface area (Å²) in [6.45, 7) is 0.667. The van der Waals surface area contributed by atoms with E-state index in [1.807, 2.05) is 54.6 Å². The summed E-state index contributed by atoms with van der Waals surface area (Å²) >= 11 is 0. The molecule has 1 N–H and O–H groups in total. The number of hydrogen-bond donors (Lipinski definition) is 1. The molecular formula is C21H19NO4. The second-order valence-corrected chi connectivity index (χ2v) is 6.38. The minimum Gasteiger partial charge on any atom is -0.457 e. The van der Waals surface area contributed by atoms with Crippen molar-refractivity contribution < 1.29 is 19.1 Å². The maximum atomic E-state index is 12.9. The highest BCUT2D eigenvalue weighted by Gasteiger charge is 2.27. The van der Waals surface area contributed by atoms with E-state index in [1.165, 1.54) is 0 Å². The van der Waals surface area contributed by atoms with E-state index in [0.717, 1.165) is 22.2 Å². The first-order chi connectivity index (χ1) is 12.7. The summed E-state index contributed by atoms with van der Waals surface area (Å²) < 4.78 is 10.5. The van der Waals surface area contributed by atoms with Gasteiger partial charge in [-0.15, -0.1) is 0 Å². The van der Waals surface area contributed by atoms with Crippen molar-refractivity contribution in [3.05, 3.63) is 60.2 Å². The smallest absolute Gasteiger partial charge is 0.311 e. The molecule has 1 aromatic heterocycles. The van der Waals surface area contributed by atoms with E-state index in [0.29, 0.717) is 25.2 Å². The van der Waals surface area contributed by atoms with Crippen molar-refractivity contribution in [1.29, 1.82) is 0 Å². The molecule has 0 spiro atoms. The number of benzene rings is 2. The number of fused-ring (bicyclic) bond motifs is 1. The van der Waals surface area contributed by atoms with Crippen molar-refractivity contribution >= 4 is 22.7 Å². The molecule has 5 heteroatoms. The number of aromatic amines is 1. The molecule has 1 fully saturated rings. The topological polar surface area (TPSA) is 68.4 Å². The summed E-state index contributed by atoms with van der Waals surface area (Å²) in [6, 6.07) is 17.3. The van der Waals surface area contributed by atoms with Gasteiger partial charge in [-0.1, -0.05) is 48.5 Å². The highest BCUT2D eigenvalue weighted by molar-refractivity contribution is 6.14. The highest BCUT2D eigenvalue weighted by atomic mass is 16.5. The Balaban J connectivity index is 1.64. The number of aromatic nitrogens is 1. The van der Waals surface area contributed by atoms with E-state index in [4.69, 9.17) is 9.47 Å². The fraction of sp³-hybridized carbons (Fsp3) is 0.238. The first-order valence-corrected chi connectivity index (χ1v) is 8.68. The molecule has 0 saturated carbocycles. The van der Waals surface area contributed by atoms with Gasteiger partial charge in [0.15, 0.2) is 6.61 Å². The lowest BCUT2D eigenvalue weighted by Crippen LogP contribution is -2.21. The number of carbonyl (C=O) groups excluding carboxylic acids is 2. The van der Waals surface area contributed by atoms with E-state index in [-0.39, 0.29) is 24.3 Å². The van der Waals surface area contributed by atoms with Crippen LogP contribution in [0.1, 0.15) is 16.8 Å². The van der Waals surface area contributed by atoms with Gasteiger partial charge in [-0.3, -0.25) is 9.59 Å². The van der Waals surface area contributed by atoms with Crippen LogP contribution >= 0.6 is 0 Å². The molecule has 26 heavy (non-hydrogen) atoms. The summed E-state index contributed by atoms with van der Waals surface area (Å²) in [5, 5.41) is 0.830. The second-order valence-electron chi connectivity index (χ2n) is 6.38. The largest absolute Gasteiger partial charge is 0.457 e. The van der Waals surface area contributed by atoms with Crippen molar-refractivity contribution in [2.75, 3.05) is 19.8 Å². The standard InChI is InChI=1S/C21H19NO4/c23-18(13-26-21(24)15-10-11-25-12-15)19-16-8-4-5-9-17(16)22-20(19)14-6-2-1-3-7-14/h1-9,15,22H,10-13H2. The van der Waals surface area contributed by atoms with Crippen molar-refractivity contribution in [2.24, 2.45) is 5.92 Å². The lowest BCUT2D eigenvalue weighted by Gasteiger charge is -2.09. The van der Waals surface area contributed by atoms with Gasteiger partial charge >= 0.3 is 5.97 Å². The number of Topliss-reactive ketones (excluding diaryl/α,β-unsaturated/α-hetero) is 1. The van der Waals surface area contributed by atoms with Crippen LogP contribution < -0.4 is 0 Å². The van der Waals surface area contributed by atoms with E-state index in [2.05, 4.69) is 4.98 Å². The summed E-state index contributed by atoms with van der Waals surface area (Å²) in [6.07, 6.45) is 0.648. The lowest BCUT2D eigenvalue weighted by molar-refractivity contribution is -0.147. The molecule has 1 aliphatic rings. The number of H-pyrrole nitrogens is 1. The average molecular weight is 349 g/mol. The number of nitrogens with one attached hydrogen (secondary N) is 1. The maximum Gasteiger partial charge on any atom is 0.311 e. The third kappa shape index (κ3) is 3.13. The zero-order valence-electron chi connectivity index (χ0n) is 14.2. The van der Waals surface area contributed by atoms with Gasteiger partial charge in [0.05, 0.1) is 23.8 Å². The van der Waals surface area contributed by atoms with Gasteiger partial charge in [-0.05, 0) is 18.1 Å². The number of ketones is 1. The first kappa shape index (κ1) is 16.5. The third-order valence-corrected chi connectivity index (χ3v) is 4.66. The summed E-state index contributed by atoms with van der Waals surface area (Å²) in [4.78, 5) is 28.3. The molecule has 0 bridgehead atoms. The van der Waals surface area contributed by atoms with E-state index in [9.17, 15) is 9.59 Å². The van der Waals surface area contributed by atoms with Crippen LogP contribution in [0.5, 0.6) is 0 Å². The van der Waals surface area contributed by atoms with Gasteiger partial charge < -0.3 is 14.5 Å². The number of carbonyl (C=O) groups is 2. The Bertz CT molecular complexity index is 939. The molecule has 2 aromatic carbocycles. The fourth-order valence-electron chi connectivity index (χ4n) is 3.30. The molecule has 132 valence electrons. The van der Waals surface area contributed by atoms with Crippen LogP contribution in [-0.2, 0) is 14.3 Å². The van der Waals surface area contributed by atoms with E-state index < -0.39 is 0 Å². The van der Waals surface area contributed by atoms with Crippen LogP contribution in [-0.4, -0.2) is 36.6 Å². The van der Waals surface area contributed by atoms with Crippen molar-refractivity contribution in [1.82, 2.24) is 4.98 Å². The number of ether oxygens (including phenoxy) is 2. The summed E-state index contributed by atoms with van der Waals surface area (Å²) in [5.74, 6) is -0.843.